The molecule has 1 N–H and O–H groups in total. The second kappa shape index (κ2) is 6.85. The highest BCUT2D eigenvalue weighted by molar-refractivity contribution is 7.89. The van der Waals surface area contributed by atoms with E-state index in [1.54, 1.807) is 0 Å². The molecule has 1 aliphatic carbocycles. The molecule has 0 radical (unpaired) electrons. The maximum absolute atomic E-state index is 12.7. The Balaban J connectivity index is 1.49. The molecule has 1 saturated heterocycles. The number of anilines is 1. The van der Waals surface area contributed by atoms with E-state index in [-0.39, 0.29) is 10.8 Å². The molecule has 0 unspecified atom stereocenters. The lowest BCUT2D eigenvalue weighted by molar-refractivity contribution is 0.102. The summed E-state index contributed by atoms with van der Waals surface area (Å²) in [5.41, 5.74) is 2.25. The van der Waals surface area contributed by atoms with E-state index in [2.05, 4.69) is 10.5 Å². The highest BCUT2D eigenvalue weighted by Gasteiger charge is 2.26. The van der Waals surface area contributed by atoms with E-state index < -0.39 is 10.0 Å². The first-order chi connectivity index (χ1) is 12.6. The third kappa shape index (κ3) is 3.14. The third-order valence-electron chi connectivity index (χ3n) is 5.01. The van der Waals surface area contributed by atoms with E-state index in [9.17, 15) is 13.2 Å². The Kier molecular flexibility index (Phi) is 4.54. The van der Waals surface area contributed by atoms with Gasteiger partial charge in [0.05, 0.1) is 10.6 Å². The largest absolute Gasteiger partial charge is 0.338 e. The van der Waals surface area contributed by atoms with Crippen LogP contribution in [-0.4, -0.2) is 36.9 Å². The predicted molar refractivity (Wildman–Crippen MR) is 95.5 cm³/mol. The fourth-order valence-corrected chi connectivity index (χ4v) is 5.05. The van der Waals surface area contributed by atoms with Gasteiger partial charge >= 0.3 is 0 Å². The number of hydrogen-bond acceptors (Lipinski definition) is 5. The van der Waals surface area contributed by atoms with Crippen LogP contribution in [0.1, 0.15) is 47.3 Å². The van der Waals surface area contributed by atoms with E-state index in [4.69, 9.17) is 4.52 Å². The van der Waals surface area contributed by atoms with E-state index in [0.29, 0.717) is 24.5 Å². The van der Waals surface area contributed by atoms with Gasteiger partial charge in [-0.05, 0) is 56.4 Å². The molecule has 26 heavy (non-hydrogen) atoms. The molecule has 0 spiro atoms. The fraction of sp³-hybridized carbons (Fsp3) is 0.444. The Morgan fingerprint density at radius 2 is 1.77 bits per heavy atom. The van der Waals surface area contributed by atoms with Crippen LogP contribution in [0.4, 0.5) is 5.88 Å². The second-order valence-electron chi connectivity index (χ2n) is 6.73. The number of hydrogen-bond donors (Lipinski definition) is 1. The number of benzene rings is 1. The van der Waals surface area contributed by atoms with Crippen molar-refractivity contribution >= 4 is 21.8 Å². The number of sulfonamides is 1. The summed E-state index contributed by atoms with van der Waals surface area (Å²) in [5, 5.41) is 6.70. The van der Waals surface area contributed by atoms with Gasteiger partial charge in [0.1, 0.15) is 0 Å². The van der Waals surface area contributed by atoms with Crippen LogP contribution in [0.25, 0.3) is 0 Å². The molecule has 2 aliphatic rings. The highest BCUT2D eigenvalue weighted by Crippen LogP contribution is 2.29. The molecular formula is C18H21N3O4S. The number of amides is 1. The van der Waals surface area contributed by atoms with Crippen molar-refractivity contribution in [2.24, 2.45) is 0 Å². The van der Waals surface area contributed by atoms with Gasteiger partial charge in [-0.3, -0.25) is 10.1 Å². The van der Waals surface area contributed by atoms with Crippen molar-refractivity contribution in [3.05, 3.63) is 41.1 Å². The Labute approximate surface area is 152 Å². The van der Waals surface area contributed by atoms with Crippen LogP contribution in [0.2, 0.25) is 0 Å². The zero-order valence-electron chi connectivity index (χ0n) is 14.4. The summed E-state index contributed by atoms with van der Waals surface area (Å²) in [4.78, 5) is 12.6. The predicted octanol–water partition coefficient (Wildman–Crippen LogP) is 2.59. The molecule has 1 amide bonds. The zero-order chi connectivity index (χ0) is 18.1. The second-order valence-corrected chi connectivity index (χ2v) is 8.67. The summed E-state index contributed by atoms with van der Waals surface area (Å²) in [6.45, 7) is 1.11. The maximum atomic E-state index is 12.7. The van der Waals surface area contributed by atoms with Crippen molar-refractivity contribution in [3.8, 4) is 0 Å². The molecule has 0 bridgehead atoms. The molecule has 2 aromatic rings. The summed E-state index contributed by atoms with van der Waals surface area (Å²) >= 11 is 0. The lowest BCUT2D eigenvalue weighted by Gasteiger charge is -2.25. The van der Waals surface area contributed by atoms with Gasteiger partial charge in [-0.2, -0.15) is 4.31 Å². The van der Waals surface area contributed by atoms with Gasteiger partial charge in [-0.15, -0.1) is 0 Å². The van der Waals surface area contributed by atoms with E-state index >= 15 is 0 Å². The number of nitrogens with zero attached hydrogens (tertiary/aromatic N) is 2. The van der Waals surface area contributed by atoms with Gasteiger partial charge in [0.15, 0.2) is 0 Å². The molecule has 1 fully saturated rings. The first-order valence-corrected chi connectivity index (χ1v) is 10.4. The van der Waals surface area contributed by atoms with Crippen molar-refractivity contribution in [3.63, 3.8) is 0 Å². The van der Waals surface area contributed by atoms with Crippen LogP contribution in [-0.2, 0) is 22.9 Å². The van der Waals surface area contributed by atoms with Gasteiger partial charge in [0.2, 0.25) is 15.9 Å². The van der Waals surface area contributed by atoms with Crippen molar-refractivity contribution < 1.29 is 17.7 Å². The molecule has 1 aromatic heterocycles. The number of aromatic nitrogens is 1. The number of rotatable bonds is 4. The molecule has 1 aromatic carbocycles. The number of carbonyl (C=O) groups is 1. The Morgan fingerprint density at radius 1 is 1.04 bits per heavy atom. The van der Waals surface area contributed by atoms with Crippen molar-refractivity contribution in [2.75, 3.05) is 18.4 Å². The SMILES string of the molecule is O=C(Nc1onc2c1CCC2)c1ccc(S(=O)(=O)N2CCCCC2)cc1. The molecule has 138 valence electrons. The quantitative estimate of drug-likeness (QED) is 0.887. The average molecular weight is 375 g/mol. The van der Waals surface area contributed by atoms with Gasteiger partial charge in [-0.25, -0.2) is 8.42 Å². The van der Waals surface area contributed by atoms with Crippen molar-refractivity contribution in [1.29, 1.82) is 0 Å². The van der Waals surface area contributed by atoms with Crippen LogP contribution in [0.15, 0.2) is 33.7 Å². The average Bonchev–Trinajstić information content (AvgIpc) is 3.28. The zero-order valence-corrected chi connectivity index (χ0v) is 15.2. The van der Waals surface area contributed by atoms with Gasteiger partial charge in [-0.1, -0.05) is 11.6 Å². The first kappa shape index (κ1) is 17.2. The molecule has 7 nitrogen and oxygen atoms in total. The molecular weight excluding hydrogens is 354 g/mol. The minimum absolute atomic E-state index is 0.219. The van der Waals surface area contributed by atoms with Gasteiger partial charge in [0.25, 0.3) is 5.91 Å². The minimum Gasteiger partial charge on any atom is -0.338 e. The fourth-order valence-electron chi connectivity index (χ4n) is 3.54. The number of piperidine rings is 1. The summed E-state index contributed by atoms with van der Waals surface area (Å²) in [6.07, 6.45) is 5.58. The molecule has 8 heteroatoms. The molecule has 0 saturated carbocycles. The van der Waals surface area contributed by atoms with Crippen LogP contribution in [0.3, 0.4) is 0 Å². The van der Waals surface area contributed by atoms with Crippen molar-refractivity contribution in [2.45, 2.75) is 43.4 Å². The summed E-state index contributed by atoms with van der Waals surface area (Å²) in [7, 11) is -3.49. The lowest BCUT2D eigenvalue weighted by atomic mass is 10.2. The Hall–Kier alpha value is -2.19. The lowest BCUT2D eigenvalue weighted by Crippen LogP contribution is -2.35. The molecule has 4 rings (SSSR count). The van der Waals surface area contributed by atoms with E-state index in [1.165, 1.54) is 28.6 Å². The van der Waals surface area contributed by atoms with E-state index in [0.717, 1.165) is 49.8 Å². The Morgan fingerprint density at radius 3 is 2.50 bits per heavy atom. The first-order valence-electron chi connectivity index (χ1n) is 8.95. The van der Waals surface area contributed by atoms with Gasteiger partial charge < -0.3 is 4.52 Å². The van der Waals surface area contributed by atoms with Crippen LogP contribution in [0.5, 0.6) is 0 Å². The minimum atomic E-state index is -3.49. The highest BCUT2D eigenvalue weighted by atomic mass is 32.2. The number of fused-ring (bicyclic) bond motifs is 1. The standard InChI is InChI=1S/C18H21N3O4S/c22-17(19-18-15-5-4-6-16(15)20-25-18)13-7-9-14(10-8-13)26(23,24)21-11-2-1-3-12-21/h7-10H,1-6,11-12H2,(H,19,22). The summed E-state index contributed by atoms with van der Waals surface area (Å²) < 4.78 is 32.0. The number of carbonyl (C=O) groups excluding carboxylic acids is 1. The third-order valence-corrected chi connectivity index (χ3v) is 6.92. The molecule has 1 aliphatic heterocycles. The maximum Gasteiger partial charge on any atom is 0.258 e. The smallest absolute Gasteiger partial charge is 0.258 e. The van der Waals surface area contributed by atoms with E-state index in [1.807, 2.05) is 0 Å². The monoisotopic (exact) mass is 375 g/mol. The molecule has 2 heterocycles. The van der Waals surface area contributed by atoms with Gasteiger partial charge in [0, 0.05) is 24.2 Å². The normalized spacial score (nSPS) is 17.8. The number of aryl methyl sites for hydroxylation is 1. The summed E-state index contributed by atoms with van der Waals surface area (Å²) in [5.74, 6) is 0.0604. The Bertz CT molecular complexity index is 912. The topological polar surface area (TPSA) is 92.5 Å². The van der Waals surface area contributed by atoms with Crippen LogP contribution < -0.4 is 5.32 Å². The molecule has 0 atom stereocenters. The van der Waals surface area contributed by atoms with Crippen LogP contribution in [0, 0.1) is 0 Å². The summed E-state index contributed by atoms with van der Waals surface area (Å²) in [6, 6.07) is 6.04. The van der Waals surface area contributed by atoms with Crippen molar-refractivity contribution in [1.82, 2.24) is 9.46 Å². The van der Waals surface area contributed by atoms with Crippen LogP contribution >= 0.6 is 0 Å². The number of nitrogens with one attached hydrogen (secondary N) is 1.